The molecule has 64 valence electrons. The molecule has 0 aliphatic carbocycles. The van der Waals surface area contributed by atoms with Crippen molar-refractivity contribution >= 4 is 28.0 Å². The van der Waals surface area contributed by atoms with Crippen LogP contribution in [-0.2, 0) is 0 Å². The summed E-state index contributed by atoms with van der Waals surface area (Å²) in [5.74, 6) is 0. The molecule has 2 aromatic carbocycles. The molecule has 0 saturated carbocycles. The number of aliphatic hydroxyl groups excluding tert-OH is 1. The van der Waals surface area contributed by atoms with E-state index >= 15 is 0 Å². The highest BCUT2D eigenvalue weighted by Crippen LogP contribution is 2.18. The number of thiocarbonyl (C=S) groups is 1. The maximum Gasteiger partial charge on any atom is 0.189 e. The summed E-state index contributed by atoms with van der Waals surface area (Å²) >= 11 is 4.75. The van der Waals surface area contributed by atoms with Crippen LogP contribution in [0.2, 0.25) is 0 Å². The predicted molar refractivity (Wildman–Crippen MR) is 58.3 cm³/mol. The smallest absolute Gasteiger partial charge is 0.189 e. The molecule has 1 nitrogen and oxygen atoms in total. The van der Waals surface area contributed by atoms with Crippen LogP contribution < -0.4 is 0 Å². The summed E-state index contributed by atoms with van der Waals surface area (Å²) < 4.78 is 0. The molecule has 13 heavy (non-hydrogen) atoms. The van der Waals surface area contributed by atoms with E-state index in [1.807, 2.05) is 42.5 Å². The van der Waals surface area contributed by atoms with Crippen LogP contribution in [0.5, 0.6) is 0 Å². The normalized spacial score (nSPS) is 10.2. The first-order valence-electron chi connectivity index (χ1n) is 4.00. The van der Waals surface area contributed by atoms with Crippen molar-refractivity contribution in [2.75, 3.05) is 0 Å². The molecule has 0 saturated heterocycles. The second kappa shape index (κ2) is 3.15. The van der Waals surface area contributed by atoms with Gasteiger partial charge in [0, 0.05) is 5.56 Å². The number of aliphatic hydroxyl groups is 1. The van der Waals surface area contributed by atoms with Crippen molar-refractivity contribution in [3.63, 3.8) is 0 Å². The van der Waals surface area contributed by atoms with Crippen LogP contribution in [0.3, 0.4) is 0 Å². The first-order chi connectivity index (χ1) is 6.29. The molecule has 0 spiro atoms. The lowest BCUT2D eigenvalue weighted by molar-refractivity contribution is 0.571. The van der Waals surface area contributed by atoms with Crippen LogP contribution in [0, 0.1) is 0 Å². The Morgan fingerprint density at radius 1 is 1.00 bits per heavy atom. The van der Waals surface area contributed by atoms with E-state index in [2.05, 4.69) is 0 Å². The SMILES string of the molecule is OC(=S)c1cccc2ccccc12. The Hall–Kier alpha value is -1.41. The van der Waals surface area contributed by atoms with E-state index in [1.165, 1.54) is 0 Å². The minimum atomic E-state index is -0.0446. The van der Waals surface area contributed by atoms with Gasteiger partial charge < -0.3 is 5.11 Å². The number of benzene rings is 2. The maximum atomic E-state index is 9.25. The highest BCUT2D eigenvalue weighted by molar-refractivity contribution is 7.80. The lowest BCUT2D eigenvalue weighted by Crippen LogP contribution is -1.94. The van der Waals surface area contributed by atoms with E-state index in [-0.39, 0.29) is 5.05 Å². The van der Waals surface area contributed by atoms with Gasteiger partial charge in [-0.2, -0.15) is 0 Å². The average molecular weight is 188 g/mol. The molecule has 1 N–H and O–H groups in total. The lowest BCUT2D eigenvalue weighted by atomic mass is 10.1. The largest absolute Gasteiger partial charge is 0.499 e. The fourth-order valence-corrected chi connectivity index (χ4v) is 1.59. The molecular weight excluding hydrogens is 180 g/mol. The van der Waals surface area contributed by atoms with Gasteiger partial charge in [0.15, 0.2) is 5.05 Å². The van der Waals surface area contributed by atoms with Crippen LogP contribution in [0.1, 0.15) is 5.56 Å². The number of fused-ring (bicyclic) bond motifs is 1. The zero-order valence-electron chi connectivity index (χ0n) is 6.90. The van der Waals surface area contributed by atoms with Crippen LogP contribution in [0.15, 0.2) is 42.5 Å². The van der Waals surface area contributed by atoms with Crippen LogP contribution >= 0.6 is 12.2 Å². The topological polar surface area (TPSA) is 20.2 Å². The molecule has 0 amide bonds. The molecule has 0 heterocycles. The van der Waals surface area contributed by atoms with Crippen molar-refractivity contribution in [1.29, 1.82) is 0 Å². The predicted octanol–water partition coefficient (Wildman–Crippen LogP) is 3.07. The van der Waals surface area contributed by atoms with Gasteiger partial charge in [-0.1, -0.05) is 36.4 Å². The Morgan fingerprint density at radius 2 is 1.69 bits per heavy atom. The van der Waals surface area contributed by atoms with Gasteiger partial charge in [-0.05, 0) is 29.1 Å². The molecule has 2 rings (SSSR count). The molecule has 0 aliphatic rings. The number of hydrogen-bond donors (Lipinski definition) is 1. The molecule has 0 atom stereocenters. The van der Waals surface area contributed by atoms with Crippen molar-refractivity contribution < 1.29 is 5.11 Å². The summed E-state index contributed by atoms with van der Waals surface area (Å²) in [5.41, 5.74) is 0.730. The standard InChI is InChI=1S/C11H8OS/c12-11(13)10-7-3-5-8-4-1-2-6-9(8)10/h1-7H,(H,12,13). The van der Waals surface area contributed by atoms with E-state index in [0.29, 0.717) is 0 Å². The van der Waals surface area contributed by atoms with Gasteiger partial charge in [0.2, 0.25) is 0 Å². The van der Waals surface area contributed by atoms with Crippen molar-refractivity contribution in [2.45, 2.75) is 0 Å². The Balaban J connectivity index is 2.83. The summed E-state index contributed by atoms with van der Waals surface area (Å²) in [7, 11) is 0. The van der Waals surface area contributed by atoms with Gasteiger partial charge in [0.05, 0.1) is 0 Å². The first kappa shape index (κ1) is 8.20. The molecule has 0 aliphatic heterocycles. The average Bonchev–Trinajstić information content (AvgIpc) is 2.17. The van der Waals surface area contributed by atoms with E-state index in [0.717, 1.165) is 16.3 Å². The fourth-order valence-electron chi connectivity index (χ4n) is 1.41. The third-order valence-electron chi connectivity index (χ3n) is 2.02. The number of rotatable bonds is 1. The van der Waals surface area contributed by atoms with Gasteiger partial charge >= 0.3 is 0 Å². The Morgan fingerprint density at radius 3 is 2.46 bits per heavy atom. The first-order valence-corrected chi connectivity index (χ1v) is 4.41. The van der Waals surface area contributed by atoms with Gasteiger partial charge in [0.1, 0.15) is 0 Å². The Kier molecular flexibility index (Phi) is 1.99. The highest BCUT2D eigenvalue weighted by atomic mass is 32.1. The summed E-state index contributed by atoms with van der Waals surface area (Å²) in [4.78, 5) is 0. The molecule has 0 fully saturated rings. The van der Waals surface area contributed by atoms with Crippen molar-refractivity contribution in [3.8, 4) is 0 Å². The van der Waals surface area contributed by atoms with Crippen LogP contribution in [0.4, 0.5) is 0 Å². The molecule has 2 heteroatoms. The van der Waals surface area contributed by atoms with E-state index in [1.54, 1.807) is 0 Å². The molecule has 0 aromatic heterocycles. The van der Waals surface area contributed by atoms with E-state index in [4.69, 9.17) is 12.2 Å². The van der Waals surface area contributed by atoms with Crippen molar-refractivity contribution in [1.82, 2.24) is 0 Å². The van der Waals surface area contributed by atoms with E-state index < -0.39 is 0 Å². The van der Waals surface area contributed by atoms with E-state index in [9.17, 15) is 5.11 Å². The minimum Gasteiger partial charge on any atom is -0.499 e. The number of hydrogen-bond acceptors (Lipinski definition) is 1. The molecule has 0 unspecified atom stereocenters. The zero-order chi connectivity index (χ0) is 9.26. The quantitative estimate of drug-likeness (QED) is 0.694. The van der Waals surface area contributed by atoms with Gasteiger partial charge in [-0.25, -0.2) is 0 Å². The summed E-state index contributed by atoms with van der Waals surface area (Å²) in [6.07, 6.45) is 0. The minimum absolute atomic E-state index is 0.0446. The maximum absolute atomic E-state index is 9.25. The Labute approximate surface area is 81.6 Å². The Bertz CT molecular complexity index is 457. The van der Waals surface area contributed by atoms with Gasteiger partial charge in [-0.3, -0.25) is 0 Å². The highest BCUT2D eigenvalue weighted by Gasteiger charge is 2.02. The lowest BCUT2D eigenvalue weighted by Gasteiger charge is -2.02. The monoisotopic (exact) mass is 188 g/mol. The molecule has 2 aromatic rings. The van der Waals surface area contributed by atoms with Gasteiger partial charge in [0.25, 0.3) is 0 Å². The van der Waals surface area contributed by atoms with Crippen LogP contribution in [0.25, 0.3) is 10.8 Å². The zero-order valence-corrected chi connectivity index (χ0v) is 7.71. The van der Waals surface area contributed by atoms with Crippen molar-refractivity contribution in [2.24, 2.45) is 0 Å². The molecule has 0 radical (unpaired) electrons. The second-order valence-electron chi connectivity index (χ2n) is 2.83. The van der Waals surface area contributed by atoms with Gasteiger partial charge in [-0.15, -0.1) is 0 Å². The summed E-state index contributed by atoms with van der Waals surface area (Å²) in [5, 5.41) is 11.3. The second-order valence-corrected chi connectivity index (χ2v) is 3.22. The van der Waals surface area contributed by atoms with Crippen molar-refractivity contribution in [3.05, 3.63) is 48.0 Å². The fraction of sp³-hybridized carbons (Fsp3) is 0. The molecular formula is C11H8OS. The summed E-state index contributed by atoms with van der Waals surface area (Å²) in [6, 6.07) is 13.6. The van der Waals surface area contributed by atoms with Crippen LogP contribution in [-0.4, -0.2) is 10.2 Å². The third-order valence-corrected chi connectivity index (χ3v) is 2.24. The molecule has 0 bridgehead atoms. The summed E-state index contributed by atoms with van der Waals surface area (Å²) in [6.45, 7) is 0. The third kappa shape index (κ3) is 1.40.